The van der Waals surface area contributed by atoms with Crippen molar-refractivity contribution >= 4 is 21.6 Å². The van der Waals surface area contributed by atoms with Crippen LogP contribution in [-0.2, 0) is 19.5 Å². The number of hydrogen-bond donors (Lipinski definition) is 1. The second kappa shape index (κ2) is 6.05. The van der Waals surface area contributed by atoms with Crippen LogP contribution in [0.1, 0.15) is 6.42 Å². The molecule has 1 aromatic rings. The van der Waals surface area contributed by atoms with Gasteiger partial charge in [0.15, 0.2) is 0 Å². The first kappa shape index (κ1) is 16.1. The molecule has 4 atom stereocenters. The van der Waals surface area contributed by atoms with Gasteiger partial charge in [-0.3, -0.25) is 0 Å². The smallest absolute Gasteiger partial charge is 0.240 e. The molecule has 5 nitrogen and oxygen atoms in total. The van der Waals surface area contributed by atoms with Crippen molar-refractivity contribution in [3.05, 3.63) is 29.0 Å². The fourth-order valence-electron chi connectivity index (χ4n) is 3.29. The Morgan fingerprint density at radius 3 is 2.95 bits per heavy atom. The first-order chi connectivity index (χ1) is 10.4. The molecular weight excluding hydrogens is 333 g/mol. The maximum absolute atomic E-state index is 13.2. The third-order valence-electron chi connectivity index (χ3n) is 4.38. The van der Waals surface area contributed by atoms with Crippen molar-refractivity contribution in [3.8, 4) is 0 Å². The Kier molecular flexibility index (Phi) is 4.44. The summed E-state index contributed by atoms with van der Waals surface area (Å²) in [6, 6.07) is 3.13. The summed E-state index contributed by atoms with van der Waals surface area (Å²) in [7, 11) is -2.18. The van der Waals surface area contributed by atoms with Gasteiger partial charge in [-0.1, -0.05) is 11.6 Å². The molecular formula is C14H17ClFNO4S. The molecule has 0 spiro atoms. The second-order valence-corrected chi connectivity index (χ2v) is 7.75. The lowest BCUT2D eigenvalue weighted by Crippen LogP contribution is -2.62. The summed E-state index contributed by atoms with van der Waals surface area (Å²) in [6.45, 7) is 1.06. The van der Waals surface area contributed by atoms with Gasteiger partial charge in [0.05, 0.1) is 22.6 Å². The van der Waals surface area contributed by atoms with Crippen molar-refractivity contribution in [2.24, 2.45) is 11.8 Å². The minimum absolute atomic E-state index is 0.0109. The van der Waals surface area contributed by atoms with Crippen LogP contribution < -0.4 is 4.72 Å². The second-order valence-electron chi connectivity index (χ2n) is 5.63. The van der Waals surface area contributed by atoms with Gasteiger partial charge in [-0.15, -0.1) is 0 Å². The summed E-state index contributed by atoms with van der Waals surface area (Å²) in [6.07, 6.45) is 0.867. The van der Waals surface area contributed by atoms with Crippen molar-refractivity contribution in [3.63, 3.8) is 0 Å². The summed E-state index contributed by atoms with van der Waals surface area (Å²) in [5.41, 5.74) is 0. The first-order valence-corrected chi connectivity index (χ1v) is 8.88. The molecule has 22 heavy (non-hydrogen) atoms. The van der Waals surface area contributed by atoms with Crippen molar-refractivity contribution in [2.45, 2.75) is 23.5 Å². The average Bonchev–Trinajstić information content (AvgIpc) is 2.90. The average molecular weight is 350 g/mol. The third-order valence-corrected chi connectivity index (χ3v) is 6.13. The van der Waals surface area contributed by atoms with E-state index < -0.39 is 15.8 Å². The Morgan fingerprint density at radius 1 is 1.50 bits per heavy atom. The quantitative estimate of drug-likeness (QED) is 0.880. The monoisotopic (exact) mass is 349 g/mol. The highest BCUT2D eigenvalue weighted by molar-refractivity contribution is 7.89. The standard InChI is InChI=1S/C14H17ClFNO4S/c1-20-7-10-13(9-4-5-21-14(9)10)17-22(18,19)8-2-3-12(16)11(15)6-8/h2-3,6,9-10,13-14,17H,4-5,7H2,1H3/t9-,10+,13+,14-/m0/s1. The van der Waals surface area contributed by atoms with E-state index in [0.717, 1.165) is 18.6 Å². The molecule has 8 heteroatoms. The van der Waals surface area contributed by atoms with Gasteiger partial charge in [0.1, 0.15) is 5.82 Å². The number of methoxy groups -OCH3 is 1. The van der Waals surface area contributed by atoms with Gasteiger partial charge in [0, 0.05) is 31.6 Å². The summed E-state index contributed by atoms with van der Waals surface area (Å²) >= 11 is 5.66. The topological polar surface area (TPSA) is 64.6 Å². The van der Waals surface area contributed by atoms with E-state index in [4.69, 9.17) is 21.1 Å². The summed E-state index contributed by atoms with van der Waals surface area (Å²) in [4.78, 5) is -0.0440. The maximum atomic E-state index is 13.2. The molecule has 3 rings (SSSR count). The van der Waals surface area contributed by atoms with E-state index in [1.807, 2.05) is 0 Å². The van der Waals surface area contributed by atoms with E-state index in [2.05, 4.69) is 4.72 Å². The van der Waals surface area contributed by atoms with Crippen LogP contribution in [0.25, 0.3) is 0 Å². The lowest BCUT2D eigenvalue weighted by molar-refractivity contribution is -0.0775. The number of fused-ring (bicyclic) bond motifs is 1. The van der Waals surface area contributed by atoms with E-state index in [9.17, 15) is 12.8 Å². The fourth-order valence-corrected chi connectivity index (χ4v) is 4.90. The number of halogens is 2. The minimum atomic E-state index is -3.76. The van der Waals surface area contributed by atoms with Crippen LogP contribution in [-0.4, -0.2) is 40.9 Å². The van der Waals surface area contributed by atoms with Crippen LogP contribution in [0.3, 0.4) is 0 Å². The van der Waals surface area contributed by atoms with Gasteiger partial charge in [-0.2, -0.15) is 0 Å². The van der Waals surface area contributed by atoms with Gasteiger partial charge in [-0.05, 0) is 24.6 Å². The van der Waals surface area contributed by atoms with Gasteiger partial charge in [0.2, 0.25) is 10.0 Å². The number of ether oxygens (including phenoxy) is 2. The van der Waals surface area contributed by atoms with Crippen LogP contribution in [0, 0.1) is 17.7 Å². The number of rotatable bonds is 5. The molecule has 1 N–H and O–H groups in total. The van der Waals surface area contributed by atoms with Gasteiger partial charge in [0.25, 0.3) is 0 Å². The number of sulfonamides is 1. The molecule has 1 heterocycles. The third kappa shape index (κ3) is 2.76. The summed E-state index contributed by atoms with van der Waals surface area (Å²) < 4.78 is 51.6. The lowest BCUT2D eigenvalue weighted by atomic mass is 9.68. The van der Waals surface area contributed by atoms with Crippen molar-refractivity contribution in [1.82, 2.24) is 4.72 Å². The molecule has 1 aliphatic carbocycles. The Labute approximate surface area is 133 Å². The molecule has 0 radical (unpaired) electrons. The highest BCUT2D eigenvalue weighted by atomic mass is 35.5. The normalized spacial score (nSPS) is 30.9. The van der Waals surface area contributed by atoms with E-state index in [-0.39, 0.29) is 33.9 Å². The molecule has 122 valence electrons. The number of nitrogens with one attached hydrogen (secondary N) is 1. The molecule has 2 aliphatic rings. The highest BCUT2D eigenvalue weighted by Crippen LogP contribution is 2.44. The zero-order chi connectivity index (χ0) is 15.9. The summed E-state index contributed by atoms with van der Waals surface area (Å²) in [5, 5.41) is -0.216. The Bertz CT molecular complexity index is 669. The van der Waals surface area contributed by atoms with E-state index in [1.165, 1.54) is 6.07 Å². The maximum Gasteiger partial charge on any atom is 0.240 e. The van der Waals surface area contributed by atoms with E-state index in [1.54, 1.807) is 7.11 Å². The van der Waals surface area contributed by atoms with Crippen molar-refractivity contribution in [2.75, 3.05) is 20.3 Å². The Hall–Kier alpha value is -0.730. The van der Waals surface area contributed by atoms with E-state index >= 15 is 0 Å². The van der Waals surface area contributed by atoms with Gasteiger partial charge in [-0.25, -0.2) is 17.5 Å². The van der Waals surface area contributed by atoms with E-state index in [0.29, 0.717) is 13.2 Å². The predicted octanol–water partition coefficient (Wildman–Crippen LogP) is 1.81. The van der Waals surface area contributed by atoms with Crippen LogP contribution in [0.15, 0.2) is 23.1 Å². The molecule has 1 aromatic carbocycles. The minimum Gasteiger partial charge on any atom is -0.384 e. The fraction of sp³-hybridized carbons (Fsp3) is 0.571. The predicted molar refractivity (Wildman–Crippen MR) is 78.7 cm³/mol. The first-order valence-electron chi connectivity index (χ1n) is 7.02. The molecule has 1 saturated heterocycles. The SMILES string of the molecule is COC[C@@H]1[C@H](NS(=O)(=O)c2ccc(F)c(Cl)c2)[C@@H]2CCO[C@H]12. The molecule has 0 amide bonds. The van der Waals surface area contributed by atoms with Crippen molar-refractivity contribution < 1.29 is 22.3 Å². The lowest BCUT2D eigenvalue weighted by Gasteiger charge is -2.47. The largest absolute Gasteiger partial charge is 0.384 e. The number of benzene rings is 1. The van der Waals surface area contributed by atoms with Crippen molar-refractivity contribution in [1.29, 1.82) is 0 Å². The van der Waals surface area contributed by atoms with Gasteiger partial charge < -0.3 is 9.47 Å². The molecule has 0 aromatic heterocycles. The molecule has 1 saturated carbocycles. The highest BCUT2D eigenvalue weighted by Gasteiger charge is 2.54. The summed E-state index contributed by atoms with van der Waals surface area (Å²) in [5.74, 6) is -0.500. The molecule has 2 fully saturated rings. The molecule has 0 unspecified atom stereocenters. The zero-order valence-corrected chi connectivity index (χ0v) is 13.5. The molecule has 0 bridgehead atoms. The Balaban J connectivity index is 1.79. The molecule has 1 aliphatic heterocycles. The zero-order valence-electron chi connectivity index (χ0n) is 12.0. The van der Waals surface area contributed by atoms with Crippen LogP contribution >= 0.6 is 11.6 Å². The van der Waals surface area contributed by atoms with Crippen LogP contribution in [0.2, 0.25) is 5.02 Å². The van der Waals surface area contributed by atoms with Crippen LogP contribution in [0.5, 0.6) is 0 Å². The van der Waals surface area contributed by atoms with Gasteiger partial charge >= 0.3 is 0 Å². The van der Waals surface area contributed by atoms with Crippen LogP contribution in [0.4, 0.5) is 4.39 Å². The number of hydrogen-bond acceptors (Lipinski definition) is 4. The Morgan fingerprint density at radius 2 is 2.27 bits per heavy atom.